The van der Waals surface area contributed by atoms with Crippen molar-refractivity contribution in [2.24, 2.45) is 0 Å². The lowest BCUT2D eigenvalue weighted by Crippen LogP contribution is -2.35. The van der Waals surface area contributed by atoms with Gasteiger partial charge in [-0.05, 0) is 42.8 Å². The normalized spacial score (nSPS) is 13.2. The number of amides is 4. The number of hydrogen-bond acceptors (Lipinski definition) is 3. The number of halogens is 1. The van der Waals surface area contributed by atoms with Crippen molar-refractivity contribution < 1.29 is 14.4 Å². The first kappa shape index (κ1) is 19.7. The van der Waals surface area contributed by atoms with E-state index in [2.05, 4.69) is 16.0 Å². The van der Waals surface area contributed by atoms with Gasteiger partial charge in [0.1, 0.15) is 0 Å². The van der Waals surface area contributed by atoms with Gasteiger partial charge in [-0.2, -0.15) is 0 Å². The number of carbonyl (C=O) groups excluding carboxylic acids is 3. The maximum Gasteiger partial charge on any atom is 0.322 e. The third kappa shape index (κ3) is 4.43. The van der Waals surface area contributed by atoms with Crippen molar-refractivity contribution in [2.45, 2.75) is 6.92 Å². The van der Waals surface area contributed by atoms with E-state index in [1.807, 2.05) is 6.92 Å². The third-order valence-electron chi connectivity index (χ3n) is 4.42. The van der Waals surface area contributed by atoms with Crippen LogP contribution in [0.15, 0.2) is 42.5 Å². The summed E-state index contributed by atoms with van der Waals surface area (Å²) in [6, 6.07) is 11.9. The van der Waals surface area contributed by atoms with Crippen molar-refractivity contribution in [2.75, 3.05) is 31.1 Å². The van der Waals surface area contributed by atoms with Gasteiger partial charge < -0.3 is 16.0 Å². The van der Waals surface area contributed by atoms with E-state index < -0.39 is 0 Å². The summed E-state index contributed by atoms with van der Waals surface area (Å²) in [5, 5.41) is 8.62. The maximum absolute atomic E-state index is 12.3. The summed E-state index contributed by atoms with van der Waals surface area (Å²) in [5.41, 5.74) is 2.53. The van der Waals surface area contributed by atoms with E-state index in [9.17, 15) is 14.4 Å². The number of benzene rings is 2. The number of nitrogens with one attached hydrogen (secondary N) is 3. The van der Waals surface area contributed by atoms with E-state index in [1.54, 1.807) is 47.4 Å². The number of nitrogens with zero attached hydrogens (tertiary/aromatic N) is 1. The zero-order valence-corrected chi connectivity index (χ0v) is 16.2. The van der Waals surface area contributed by atoms with E-state index in [1.165, 1.54) is 0 Å². The first-order valence-electron chi connectivity index (χ1n) is 8.94. The van der Waals surface area contributed by atoms with Gasteiger partial charge in [-0.25, -0.2) is 4.79 Å². The van der Waals surface area contributed by atoms with E-state index in [0.29, 0.717) is 29.2 Å². The molecule has 0 aliphatic carbocycles. The first-order valence-corrected chi connectivity index (χ1v) is 9.32. The second-order valence-electron chi connectivity index (χ2n) is 6.38. The van der Waals surface area contributed by atoms with Gasteiger partial charge in [0.15, 0.2) is 0 Å². The summed E-state index contributed by atoms with van der Waals surface area (Å²) < 4.78 is 0. The predicted molar refractivity (Wildman–Crippen MR) is 108 cm³/mol. The molecule has 1 aliphatic rings. The number of hydrogen-bond donors (Lipinski definition) is 3. The fourth-order valence-electron chi connectivity index (χ4n) is 3.00. The van der Waals surface area contributed by atoms with Gasteiger partial charge in [0.25, 0.3) is 11.8 Å². The molecular formula is C20H21ClN4O3. The van der Waals surface area contributed by atoms with Crippen LogP contribution in [0.3, 0.4) is 0 Å². The summed E-state index contributed by atoms with van der Waals surface area (Å²) in [6.45, 7) is 3.64. The Morgan fingerprint density at radius 3 is 2.46 bits per heavy atom. The minimum Gasteiger partial charge on any atom is -0.350 e. The standard InChI is InChI=1S/C20H21ClN4O3/c1-13-12-14(6-7-17(13)25-11-10-24-20(25)28)18(26)22-8-9-23-19(27)15-4-2-3-5-16(15)21/h2-7,12H,8-11H2,1H3,(H,22,26)(H,23,27)(H,24,28). The molecule has 0 atom stereocenters. The first-order chi connectivity index (χ1) is 13.5. The van der Waals surface area contributed by atoms with Crippen LogP contribution in [0.25, 0.3) is 0 Å². The minimum absolute atomic E-state index is 0.130. The van der Waals surface area contributed by atoms with Crippen molar-refractivity contribution in [3.8, 4) is 0 Å². The van der Waals surface area contributed by atoms with Crippen LogP contribution in [0.1, 0.15) is 26.3 Å². The fourth-order valence-corrected chi connectivity index (χ4v) is 3.22. The Kier molecular flexibility index (Phi) is 6.16. The number of anilines is 1. The quantitative estimate of drug-likeness (QED) is 0.650. The van der Waals surface area contributed by atoms with Crippen LogP contribution in [0.2, 0.25) is 5.02 Å². The molecule has 0 spiro atoms. The van der Waals surface area contributed by atoms with E-state index in [4.69, 9.17) is 11.6 Å². The monoisotopic (exact) mass is 400 g/mol. The van der Waals surface area contributed by atoms with E-state index in [0.717, 1.165) is 11.3 Å². The van der Waals surface area contributed by atoms with Gasteiger partial charge in [0.2, 0.25) is 0 Å². The van der Waals surface area contributed by atoms with Crippen LogP contribution in [0.4, 0.5) is 10.5 Å². The van der Waals surface area contributed by atoms with Crippen LogP contribution in [-0.2, 0) is 0 Å². The molecule has 0 bridgehead atoms. The Morgan fingerprint density at radius 2 is 1.82 bits per heavy atom. The summed E-state index contributed by atoms with van der Waals surface area (Å²) in [5.74, 6) is -0.531. The molecule has 8 heteroatoms. The second kappa shape index (κ2) is 8.75. The summed E-state index contributed by atoms with van der Waals surface area (Å²) in [7, 11) is 0. The Morgan fingerprint density at radius 1 is 1.11 bits per heavy atom. The molecular weight excluding hydrogens is 380 g/mol. The Labute approximate surface area is 168 Å². The Balaban J connectivity index is 1.51. The van der Waals surface area contributed by atoms with Gasteiger partial charge >= 0.3 is 6.03 Å². The van der Waals surface area contributed by atoms with Crippen molar-refractivity contribution in [1.29, 1.82) is 0 Å². The molecule has 28 heavy (non-hydrogen) atoms. The maximum atomic E-state index is 12.3. The predicted octanol–water partition coefficient (Wildman–Crippen LogP) is 2.34. The lowest BCUT2D eigenvalue weighted by molar-refractivity contribution is 0.0927. The van der Waals surface area contributed by atoms with Crippen LogP contribution in [0, 0.1) is 6.92 Å². The molecule has 1 saturated heterocycles. The molecule has 0 unspecified atom stereocenters. The molecule has 0 aromatic heterocycles. The number of rotatable bonds is 6. The van der Waals surface area contributed by atoms with Crippen LogP contribution in [-0.4, -0.2) is 44.0 Å². The van der Waals surface area contributed by atoms with E-state index >= 15 is 0 Å². The molecule has 1 aliphatic heterocycles. The fraction of sp³-hybridized carbons (Fsp3) is 0.250. The van der Waals surface area contributed by atoms with Gasteiger partial charge in [-0.1, -0.05) is 23.7 Å². The molecule has 0 radical (unpaired) electrons. The van der Waals surface area contributed by atoms with Gasteiger partial charge in [-0.15, -0.1) is 0 Å². The molecule has 7 nitrogen and oxygen atoms in total. The molecule has 146 valence electrons. The van der Waals surface area contributed by atoms with Gasteiger partial charge in [-0.3, -0.25) is 14.5 Å². The molecule has 3 rings (SSSR count). The lowest BCUT2D eigenvalue weighted by Gasteiger charge is -2.17. The highest BCUT2D eigenvalue weighted by Gasteiger charge is 2.22. The Bertz CT molecular complexity index is 916. The highest BCUT2D eigenvalue weighted by molar-refractivity contribution is 6.33. The van der Waals surface area contributed by atoms with Crippen molar-refractivity contribution in [1.82, 2.24) is 16.0 Å². The number of carbonyl (C=O) groups is 3. The largest absolute Gasteiger partial charge is 0.350 e. The van der Waals surface area contributed by atoms with Crippen LogP contribution >= 0.6 is 11.6 Å². The number of urea groups is 1. The molecule has 1 fully saturated rings. The average molecular weight is 401 g/mol. The van der Waals surface area contributed by atoms with E-state index in [-0.39, 0.29) is 30.9 Å². The van der Waals surface area contributed by atoms with Gasteiger partial charge in [0.05, 0.1) is 10.6 Å². The zero-order valence-electron chi connectivity index (χ0n) is 15.4. The lowest BCUT2D eigenvalue weighted by atomic mass is 10.1. The Hall–Kier alpha value is -3.06. The molecule has 2 aromatic carbocycles. The number of aryl methyl sites for hydroxylation is 1. The molecule has 0 saturated carbocycles. The van der Waals surface area contributed by atoms with Gasteiger partial charge in [0, 0.05) is 37.4 Å². The summed E-state index contributed by atoms with van der Waals surface area (Å²) in [4.78, 5) is 37.8. The highest BCUT2D eigenvalue weighted by Crippen LogP contribution is 2.22. The smallest absolute Gasteiger partial charge is 0.322 e. The van der Waals surface area contributed by atoms with Crippen LogP contribution < -0.4 is 20.9 Å². The topological polar surface area (TPSA) is 90.5 Å². The zero-order chi connectivity index (χ0) is 20.1. The van der Waals surface area contributed by atoms with Crippen molar-refractivity contribution in [3.05, 3.63) is 64.2 Å². The molecule has 2 aromatic rings. The second-order valence-corrected chi connectivity index (χ2v) is 6.78. The van der Waals surface area contributed by atoms with Crippen molar-refractivity contribution >= 4 is 35.1 Å². The highest BCUT2D eigenvalue weighted by atomic mass is 35.5. The SMILES string of the molecule is Cc1cc(C(=O)NCCNC(=O)c2ccccc2Cl)ccc1N1CCNC1=O. The minimum atomic E-state index is -0.288. The van der Waals surface area contributed by atoms with Crippen molar-refractivity contribution in [3.63, 3.8) is 0 Å². The molecule has 4 amide bonds. The summed E-state index contributed by atoms with van der Waals surface area (Å²) in [6.07, 6.45) is 0. The van der Waals surface area contributed by atoms with Crippen LogP contribution in [0.5, 0.6) is 0 Å². The third-order valence-corrected chi connectivity index (χ3v) is 4.75. The average Bonchev–Trinajstić information content (AvgIpc) is 3.10. The molecule has 3 N–H and O–H groups in total. The molecule has 1 heterocycles. The summed E-state index contributed by atoms with van der Waals surface area (Å²) >= 11 is 5.99.